The summed E-state index contributed by atoms with van der Waals surface area (Å²) in [5.41, 5.74) is 0.636. The van der Waals surface area contributed by atoms with Crippen molar-refractivity contribution in [3.05, 3.63) is 93.1 Å². The molecule has 5 rings (SSSR count). The van der Waals surface area contributed by atoms with E-state index in [1.54, 1.807) is 34.9 Å². The number of fused-ring (bicyclic) bond motifs is 1. The molecule has 0 radical (unpaired) electrons. The molecule has 0 saturated carbocycles. The lowest BCUT2D eigenvalue weighted by Gasteiger charge is -2.15. The molecular weight excluding hydrogens is 399 g/mol. The zero-order chi connectivity index (χ0) is 21.4. The number of rotatable bonds is 5. The van der Waals surface area contributed by atoms with Gasteiger partial charge < -0.3 is 9.30 Å². The fraction of sp³-hybridized carbons (Fsp3) is 0.261. The van der Waals surface area contributed by atoms with Crippen LogP contribution in [0.2, 0.25) is 0 Å². The molecule has 1 atom stereocenters. The molecule has 31 heavy (non-hydrogen) atoms. The van der Waals surface area contributed by atoms with Crippen molar-refractivity contribution >= 4 is 11.2 Å². The lowest BCUT2D eigenvalue weighted by atomic mass is 10.2. The molecule has 0 N–H and O–H groups in total. The Morgan fingerprint density at radius 1 is 1.06 bits per heavy atom. The first kappa shape index (κ1) is 19.4. The second-order valence-electron chi connectivity index (χ2n) is 7.64. The molecule has 2 aromatic carbocycles. The maximum Gasteiger partial charge on any atom is 0.337 e. The third-order valence-electron chi connectivity index (χ3n) is 5.62. The number of imidazole rings is 1. The van der Waals surface area contributed by atoms with E-state index < -0.39 is 11.2 Å². The highest BCUT2D eigenvalue weighted by molar-refractivity contribution is 5.72. The normalized spacial score (nSPS) is 16.2. The van der Waals surface area contributed by atoms with Gasteiger partial charge in [0.25, 0.3) is 5.56 Å². The highest BCUT2D eigenvalue weighted by Crippen LogP contribution is 2.17. The molecule has 0 unspecified atom stereocenters. The van der Waals surface area contributed by atoms with Crippen LogP contribution in [-0.2, 0) is 17.8 Å². The van der Waals surface area contributed by atoms with Gasteiger partial charge in [0.1, 0.15) is 5.82 Å². The van der Waals surface area contributed by atoms with E-state index in [1.807, 2.05) is 18.2 Å². The molecule has 0 amide bonds. The number of ether oxygens (including phenoxy) is 1. The predicted octanol–water partition coefficient (Wildman–Crippen LogP) is 2.72. The number of para-hydroxylation sites is 1. The van der Waals surface area contributed by atoms with E-state index in [0.29, 0.717) is 17.9 Å². The van der Waals surface area contributed by atoms with Gasteiger partial charge in [0.15, 0.2) is 11.2 Å². The Kier molecular flexibility index (Phi) is 4.99. The first-order chi connectivity index (χ1) is 15.1. The summed E-state index contributed by atoms with van der Waals surface area (Å²) >= 11 is 0. The van der Waals surface area contributed by atoms with Crippen molar-refractivity contribution in [3.8, 4) is 5.69 Å². The van der Waals surface area contributed by atoms with E-state index in [9.17, 15) is 14.0 Å². The van der Waals surface area contributed by atoms with E-state index in [0.717, 1.165) is 12.8 Å². The van der Waals surface area contributed by atoms with Crippen LogP contribution in [0.5, 0.6) is 0 Å². The quantitative estimate of drug-likeness (QED) is 0.498. The summed E-state index contributed by atoms with van der Waals surface area (Å²) in [4.78, 5) is 31.2. The van der Waals surface area contributed by atoms with Crippen molar-refractivity contribution in [2.75, 3.05) is 6.61 Å². The summed E-state index contributed by atoms with van der Waals surface area (Å²) in [7, 11) is 0. The van der Waals surface area contributed by atoms with E-state index >= 15 is 0 Å². The van der Waals surface area contributed by atoms with Gasteiger partial charge in [0.2, 0.25) is 0 Å². The minimum Gasteiger partial charge on any atom is -0.376 e. The third kappa shape index (κ3) is 3.48. The third-order valence-corrected chi connectivity index (χ3v) is 5.62. The topological polar surface area (TPSA) is 71.0 Å². The average Bonchev–Trinajstić information content (AvgIpc) is 3.44. The van der Waals surface area contributed by atoms with E-state index in [-0.39, 0.29) is 36.2 Å². The van der Waals surface area contributed by atoms with Gasteiger partial charge in [-0.15, -0.1) is 0 Å². The van der Waals surface area contributed by atoms with Crippen molar-refractivity contribution in [1.29, 1.82) is 0 Å². The van der Waals surface area contributed by atoms with E-state index in [4.69, 9.17) is 4.74 Å². The van der Waals surface area contributed by atoms with Crippen molar-refractivity contribution < 1.29 is 9.13 Å². The molecule has 1 aliphatic rings. The second-order valence-corrected chi connectivity index (χ2v) is 7.64. The maximum atomic E-state index is 14.3. The molecule has 0 aliphatic carbocycles. The molecule has 0 bridgehead atoms. The van der Waals surface area contributed by atoms with Crippen molar-refractivity contribution in [2.45, 2.75) is 32.0 Å². The van der Waals surface area contributed by atoms with E-state index in [2.05, 4.69) is 4.98 Å². The zero-order valence-corrected chi connectivity index (χ0v) is 16.8. The average molecular weight is 420 g/mol. The summed E-state index contributed by atoms with van der Waals surface area (Å²) in [5, 5.41) is 0. The maximum absolute atomic E-state index is 14.3. The van der Waals surface area contributed by atoms with Gasteiger partial charge in [0.05, 0.1) is 31.2 Å². The summed E-state index contributed by atoms with van der Waals surface area (Å²) in [5.74, 6) is -0.361. The molecule has 1 aliphatic heterocycles. The minimum atomic E-state index is -0.463. The Morgan fingerprint density at radius 2 is 1.84 bits per heavy atom. The Labute approximate surface area is 177 Å². The van der Waals surface area contributed by atoms with Gasteiger partial charge in [-0.3, -0.25) is 9.36 Å². The van der Waals surface area contributed by atoms with Crippen LogP contribution in [0.15, 0.2) is 70.5 Å². The summed E-state index contributed by atoms with van der Waals surface area (Å²) in [6, 6.07) is 15.5. The molecular formula is C23H21FN4O3. The Morgan fingerprint density at radius 3 is 2.58 bits per heavy atom. The van der Waals surface area contributed by atoms with Crippen LogP contribution in [-0.4, -0.2) is 31.4 Å². The van der Waals surface area contributed by atoms with Gasteiger partial charge in [0, 0.05) is 12.2 Å². The number of benzene rings is 2. The molecule has 1 fully saturated rings. The SMILES string of the molecule is O=c1c2c(ncn2Cc2ccccc2F)n(-c2ccccc2)c(=O)n1C[C@@H]1CCCO1. The summed E-state index contributed by atoms with van der Waals surface area (Å²) in [6.07, 6.45) is 2.99. The van der Waals surface area contributed by atoms with E-state index in [1.165, 1.54) is 21.5 Å². The van der Waals surface area contributed by atoms with Crippen molar-refractivity contribution in [3.63, 3.8) is 0 Å². The van der Waals surface area contributed by atoms with Crippen molar-refractivity contribution in [2.24, 2.45) is 0 Å². The van der Waals surface area contributed by atoms with Crippen LogP contribution < -0.4 is 11.2 Å². The molecule has 158 valence electrons. The Balaban J connectivity index is 1.73. The number of aromatic nitrogens is 4. The van der Waals surface area contributed by atoms with Crippen LogP contribution >= 0.6 is 0 Å². The lowest BCUT2D eigenvalue weighted by molar-refractivity contribution is 0.0950. The monoisotopic (exact) mass is 420 g/mol. The van der Waals surface area contributed by atoms with Crippen LogP contribution in [0.3, 0.4) is 0 Å². The molecule has 2 aromatic heterocycles. The summed E-state index contributed by atoms with van der Waals surface area (Å²) < 4.78 is 24.2. The summed E-state index contributed by atoms with van der Waals surface area (Å²) in [6.45, 7) is 0.927. The van der Waals surface area contributed by atoms with Crippen LogP contribution in [0.1, 0.15) is 18.4 Å². The first-order valence-corrected chi connectivity index (χ1v) is 10.2. The van der Waals surface area contributed by atoms with Gasteiger partial charge in [-0.05, 0) is 31.0 Å². The molecule has 7 nitrogen and oxygen atoms in total. The largest absolute Gasteiger partial charge is 0.376 e. The predicted molar refractivity (Wildman–Crippen MR) is 114 cm³/mol. The highest BCUT2D eigenvalue weighted by atomic mass is 19.1. The standard InChI is InChI=1S/C23H21FN4O3/c24-19-11-5-4-7-16(19)13-26-15-25-21-20(26)22(29)27(14-18-10-6-12-31-18)23(30)28(21)17-8-2-1-3-9-17/h1-5,7-9,11,15,18H,6,10,12-14H2/t18-/m0/s1. The Hall–Kier alpha value is -3.52. The number of hydrogen-bond donors (Lipinski definition) is 0. The van der Waals surface area contributed by atoms with Crippen LogP contribution in [0.25, 0.3) is 16.9 Å². The number of halogens is 1. The lowest BCUT2D eigenvalue weighted by Crippen LogP contribution is -2.42. The minimum absolute atomic E-state index is 0.130. The smallest absolute Gasteiger partial charge is 0.337 e. The van der Waals surface area contributed by atoms with Crippen LogP contribution in [0, 0.1) is 5.82 Å². The fourth-order valence-electron chi connectivity index (χ4n) is 4.07. The number of hydrogen-bond acceptors (Lipinski definition) is 4. The highest BCUT2D eigenvalue weighted by Gasteiger charge is 2.23. The van der Waals surface area contributed by atoms with Gasteiger partial charge in [-0.2, -0.15) is 0 Å². The number of nitrogens with zero attached hydrogens (tertiary/aromatic N) is 4. The Bertz CT molecular complexity index is 1350. The molecule has 0 spiro atoms. The fourth-order valence-corrected chi connectivity index (χ4v) is 4.07. The zero-order valence-electron chi connectivity index (χ0n) is 16.8. The van der Waals surface area contributed by atoms with Gasteiger partial charge in [-0.25, -0.2) is 18.7 Å². The van der Waals surface area contributed by atoms with Crippen LogP contribution in [0.4, 0.5) is 4.39 Å². The molecule has 8 heteroatoms. The van der Waals surface area contributed by atoms with Gasteiger partial charge >= 0.3 is 5.69 Å². The first-order valence-electron chi connectivity index (χ1n) is 10.2. The molecule has 1 saturated heterocycles. The second kappa shape index (κ2) is 7.96. The molecule has 3 heterocycles. The van der Waals surface area contributed by atoms with Gasteiger partial charge in [-0.1, -0.05) is 36.4 Å². The molecule has 4 aromatic rings. The van der Waals surface area contributed by atoms with Crippen molar-refractivity contribution in [1.82, 2.24) is 18.7 Å².